The van der Waals surface area contributed by atoms with Gasteiger partial charge in [-0.2, -0.15) is 5.10 Å². The summed E-state index contributed by atoms with van der Waals surface area (Å²) in [5, 5.41) is 9.31. The van der Waals surface area contributed by atoms with Crippen molar-refractivity contribution in [3.05, 3.63) is 51.5 Å². The molecule has 0 saturated carbocycles. The summed E-state index contributed by atoms with van der Waals surface area (Å²) >= 11 is 7.42. The number of carbonyl (C=O) groups excluding carboxylic acids is 2. The Labute approximate surface area is 178 Å². The summed E-state index contributed by atoms with van der Waals surface area (Å²) in [7, 11) is 0. The second-order valence-corrected chi connectivity index (χ2v) is 8.76. The molecule has 1 fully saturated rings. The van der Waals surface area contributed by atoms with Crippen molar-refractivity contribution < 1.29 is 9.59 Å². The van der Waals surface area contributed by atoms with Gasteiger partial charge in [-0.15, -0.1) is 11.3 Å². The molecule has 29 heavy (non-hydrogen) atoms. The lowest BCUT2D eigenvalue weighted by Crippen LogP contribution is -2.30. The second-order valence-electron chi connectivity index (χ2n) is 7.29. The van der Waals surface area contributed by atoms with Gasteiger partial charge in [0.2, 0.25) is 5.91 Å². The van der Waals surface area contributed by atoms with Crippen LogP contribution in [0.3, 0.4) is 0 Å². The first-order valence-electron chi connectivity index (χ1n) is 9.78. The number of aromatic nitrogens is 2. The predicted molar refractivity (Wildman–Crippen MR) is 116 cm³/mol. The molecule has 6 nitrogen and oxygen atoms in total. The Morgan fingerprint density at radius 3 is 2.83 bits per heavy atom. The van der Waals surface area contributed by atoms with Crippen LogP contribution in [-0.4, -0.2) is 46.1 Å². The summed E-state index contributed by atoms with van der Waals surface area (Å²) in [6.45, 7) is 4.70. The molecule has 2 amide bonds. The monoisotopic (exact) mass is 430 g/mol. The number of carbonyl (C=O) groups is 2. The Kier molecular flexibility index (Phi) is 5.87. The highest BCUT2D eigenvalue weighted by molar-refractivity contribution is 7.20. The molecule has 3 heterocycles. The topological polar surface area (TPSA) is 67.2 Å². The number of aryl methyl sites for hydroxylation is 1. The first kappa shape index (κ1) is 19.9. The zero-order valence-electron chi connectivity index (χ0n) is 16.3. The van der Waals surface area contributed by atoms with Gasteiger partial charge in [-0.3, -0.25) is 14.3 Å². The maximum Gasteiger partial charge on any atom is 0.261 e. The fourth-order valence-electron chi connectivity index (χ4n) is 3.59. The van der Waals surface area contributed by atoms with Gasteiger partial charge in [0.15, 0.2) is 0 Å². The van der Waals surface area contributed by atoms with Crippen molar-refractivity contribution in [1.29, 1.82) is 0 Å². The van der Waals surface area contributed by atoms with Gasteiger partial charge in [-0.1, -0.05) is 23.7 Å². The lowest BCUT2D eigenvalue weighted by atomic mass is 10.2. The van der Waals surface area contributed by atoms with Gasteiger partial charge in [0.25, 0.3) is 5.91 Å². The smallest absolute Gasteiger partial charge is 0.261 e. The summed E-state index contributed by atoms with van der Waals surface area (Å²) in [5.41, 5.74) is 2.02. The van der Waals surface area contributed by atoms with Crippen LogP contribution in [0.4, 0.5) is 0 Å². The maximum absolute atomic E-state index is 12.6. The van der Waals surface area contributed by atoms with Gasteiger partial charge in [-0.05, 0) is 43.5 Å². The largest absolute Gasteiger partial charge is 0.351 e. The molecular formula is C21H23ClN4O2S. The molecule has 1 aliphatic heterocycles. The summed E-state index contributed by atoms with van der Waals surface area (Å²) in [6, 6.07) is 9.62. The summed E-state index contributed by atoms with van der Waals surface area (Å²) in [6.07, 6.45) is 2.37. The van der Waals surface area contributed by atoms with E-state index in [1.54, 1.807) is 0 Å². The van der Waals surface area contributed by atoms with E-state index in [0.29, 0.717) is 36.0 Å². The van der Waals surface area contributed by atoms with Crippen LogP contribution in [0.2, 0.25) is 5.02 Å². The van der Waals surface area contributed by atoms with Crippen molar-refractivity contribution in [2.75, 3.05) is 19.6 Å². The Balaban J connectivity index is 1.39. The number of thiophene rings is 1. The number of hydrogen-bond donors (Lipinski definition) is 1. The molecule has 152 valence electrons. The number of fused-ring (bicyclic) bond motifs is 1. The highest BCUT2D eigenvalue weighted by atomic mass is 35.5. The quantitative estimate of drug-likeness (QED) is 0.579. The van der Waals surface area contributed by atoms with E-state index in [1.807, 2.05) is 46.8 Å². The van der Waals surface area contributed by atoms with E-state index in [9.17, 15) is 9.59 Å². The second kappa shape index (κ2) is 8.55. The minimum Gasteiger partial charge on any atom is -0.351 e. The van der Waals surface area contributed by atoms with Crippen LogP contribution < -0.4 is 5.32 Å². The number of hydrogen-bond acceptors (Lipinski definition) is 4. The van der Waals surface area contributed by atoms with Crippen LogP contribution >= 0.6 is 22.9 Å². The first-order chi connectivity index (χ1) is 14.0. The SMILES string of the molecule is Cc1nn(Cc2ccc(Cl)cc2)c2sc(C(=O)NCCCN3CCCC3=O)cc12. The van der Waals surface area contributed by atoms with Crippen LogP contribution in [0, 0.1) is 6.92 Å². The highest BCUT2D eigenvalue weighted by Crippen LogP contribution is 2.29. The zero-order chi connectivity index (χ0) is 20.4. The molecule has 0 aliphatic carbocycles. The van der Waals surface area contributed by atoms with Crippen molar-refractivity contribution in [1.82, 2.24) is 20.0 Å². The summed E-state index contributed by atoms with van der Waals surface area (Å²) < 4.78 is 1.94. The van der Waals surface area contributed by atoms with Crippen LogP contribution in [0.25, 0.3) is 10.2 Å². The third-order valence-electron chi connectivity index (χ3n) is 5.14. The number of nitrogens with one attached hydrogen (secondary N) is 1. The molecule has 4 rings (SSSR count). The van der Waals surface area contributed by atoms with Gasteiger partial charge < -0.3 is 10.2 Å². The Morgan fingerprint density at radius 1 is 1.31 bits per heavy atom. The number of rotatable bonds is 7. The van der Waals surface area contributed by atoms with E-state index >= 15 is 0 Å². The molecule has 0 atom stereocenters. The van der Waals surface area contributed by atoms with Crippen molar-refractivity contribution in [2.45, 2.75) is 32.7 Å². The van der Waals surface area contributed by atoms with E-state index in [-0.39, 0.29) is 11.8 Å². The number of amides is 2. The van der Waals surface area contributed by atoms with Crippen LogP contribution in [0.1, 0.15) is 40.2 Å². The molecule has 1 N–H and O–H groups in total. The average molecular weight is 431 g/mol. The Bertz CT molecular complexity index is 1040. The van der Waals surface area contributed by atoms with Crippen molar-refractivity contribution in [3.63, 3.8) is 0 Å². The Morgan fingerprint density at radius 2 is 2.10 bits per heavy atom. The van der Waals surface area contributed by atoms with Crippen LogP contribution in [0.5, 0.6) is 0 Å². The lowest BCUT2D eigenvalue weighted by Gasteiger charge is -2.15. The molecule has 1 saturated heterocycles. The number of nitrogens with zero attached hydrogens (tertiary/aromatic N) is 3. The number of benzene rings is 1. The molecule has 0 radical (unpaired) electrons. The normalized spacial score (nSPS) is 14.1. The predicted octanol–water partition coefficient (Wildman–Crippen LogP) is 3.85. The Hall–Kier alpha value is -2.38. The molecule has 3 aromatic rings. The fourth-order valence-corrected chi connectivity index (χ4v) is 4.80. The minimum absolute atomic E-state index is 0.0728. The minimum atomic E-state index is -0.0728. The molecular weight excluding hydrogens is 408 g/mol. The van der Waals surface area contributed by atoms with E-state index < -0.39 is 0 Å². The standard InChI is InChI=1S/C21H23ClN4O2S/c1-14-17-12-18(20(28)23-9-3-11-25-10-2-4-19(25)27)29-21(17)26(24-14)13-15-5-7-16(22)8-6-15/h5-8,12H,2-4,9-11,13H2,1H3,(H,23,28). The van der Waals surface area contributed by atoms with Crippen LogP contribution in [0.15, 0.2) is 30.3 Å². The van der Waals surface area contributed by atoms with Crippen LogP contribution in [-0.2, 0) is 11.3 Å². The van der Waals surface area contributed by atoms with E-state index in [0.717, 1.165) is 40.9 Å². The molecule has 0 bridgehead atoms. The van der Waals surface area contributed by atoms with Crippen molar-refractivity contribution in [3.8, 4) is 0 Å². The molecule has 2 aromatic heterocycles. The van der Waals surface area contributed by atoms with Gasteiger partial charge in [0, 0.05) is 36.5 Å². The van der Waals surface area contributed by atoms with Crippen molar-refractivity contribution in [2.24, 2.45) is 0 Å². The van der Waals surface area contributed by atoms with E-state index in [2.05, 4.69) is 10.4 Å². The average Bonchev–Trinajstić information content (AvgIpc) is 3.39. The maximum atomic E-state index is 12.6. The van der Waals surface area contributed by atoms with E-state index in [1.165, 1.54) is 11.3 Å². The van der Waals surface area contributed by atoms with Gasteiger partial charge in [0.1, 0.15) is 4.83 Å². The third-order valence-corrected chi connectivity index (χ3v) is 6.54. The third kappa shape index (κ3) is 4.46. The van der Waals surface area contributed by atoms with E-state index in [4.69, 9.17) is 11.6 Å². The molecule has 1 aliphatic rings. The van der Waals surface area contributed by atoms with Gasteiger partial charge in [-0.25, -0.2) is 0 Å². The molecule has 8 heteroatoms. The number of halogens is 1. The van der Waals surface area contributed by atoms with Gasteiger partial charge >= 0.3 is 0 Å². The molecule has 0 unspecified atom stereocenters. The number of likely N-dealkylation sites (tertiary alicyclic amines) is 1. The molecule has 1 aromatic carbocycles. The van der Waals surface area contributed by atoms with Gasteiger partial charge in [0.05, 0.1) is 17.1 Å². The fraction of sp³-hybridized carbons (Fsp3) is 0.381. The first-order valence-corrected chi connectivity index (χ1v) is 11.0. The lowest BCUT2D eigenvalue weighted by molar-refractivity contribution is -0.127. The summed E-state index contributed by atoms with van der Waals surface area (Å²) in [5.74, 6) is 0.151. The summed E-state index contributed by atoms with van der Waals surface area (Å²) in [4.78, 5) is 27.7. The highest BCUT2D eigenvalue weighted by Gasteiger charge is 2.20. The zero-order valence-corrected chi connectivity index (χ0v) is 17.9. The van der Waals surface area contributed by atoms with Crippen molar-refractivity contribution >= 4 is 45.0 Å². The molecule has 0 spiro atoms.